The van der Waals surface area contributed by atoms with E-state index in [-0.39, 0.29) is 5.41 Å². The molecule has 0 saturated carbocycles. The molecular weight excluding hydrogens is 220 g/mol. The zero-order valence-electron chi connectivity index (χ0n) is 11.7. The molecule has 0 amide bonds. The Balaban J connectivity index is 2.04. The second kappa shape index (κ2) is 5.15. The second-order valence-corrected chi connectivity index (χ2v) is 6.04. The zero-order chi connectivity index (χ0) is 13.2. The Bertz CT molecular complexity index is 523. The van der Waals surface area contributed by atoms with E-state index in [2.05, 4.69) is 55.8 Å². The van der Waals surface area contributed by atoms with E-state index in [1.807, 2.05) is 0 Å². The molecule has 2 heteroatoms. The van der Waals surface area contributed by atoms with Gasteiger partial charge in [-0.15, -0.1) is 0 Å². The molecule has 0 unspecified atom stereocenters. The molecule has 0 aliphatic rings. The summed E-state index contributed by atoms with van der Waals surface area (Å²) in [5.74, 6) is 0. The fourth-order valence-corrected chi connectivity index (χ4v) is 2.34. The number of rotatable bonds is 5. The summed E-state index contributed by atoms with van der Waals surface area (Å²) in [6.45, 7) is 8.46. The van der Waals surface area contributed by atoms with Crippen LogP contribution in [0.4, 0.5) is 0 Å². The van der Waals surface area contributed by atoms with Crippen molar-refractivity contribution < 1.29 is 0 Å². The van der Waals surface area contributed by atoms with Gasteiger partial charge in [-0.3, -0.25) is 0 Å². The van der Waals surface area contributed by atoms with Crippen molar-refractivity contribution in [1.82, 2.24) is 4.57 Å². The van der Waals surface area contributed by atoms with Crippen LogP contribution in [0.1, 0.15) is 32.3 Å². The van der Waals surface area contributed by atoms with Gasteiger partial charge in [0.1, 0.15) is 0 Å². The molecule has 0 fully saturated rings. The van der Waals surface area contributed by atoms with Gasteiger partial charge in [0.15, 0.2) is 0 Å². The lowest BCUT2D eigenvalue weighted by atomic mass is 9.88. The maximum Gasteiger partial charge on any atom is 0.0480 e. The summed E-state index contributed by atoms with van der Waals surface area (Å²) in [4.78, 5) is 0. The van der Waals surface area contributed by atoms with Crippen molar-refractivity contribution in [2.45, 2.75) is 40.2 Å². The summed E-state index contributed by atoms with van der Waals surface area (Å²) >= 11 is 0. The van der Waals surface area contributed by atoms with E-state index in [4.69, 9.17) is 5.73 Å². The highest BCUT2D eigenvalue weighted by Crippen LogP contribution is 2.22. The van der Waals surface area contributed by atoms with Crippen molar-refractivity contribution in [3.63, 3.8) is 0 Å². The van der Waals surface area contributed by atoms with E-state index in [1.165, 1.54) is 29.3 Å². The van der Waals surface area contributed by atoms with Crippen LogP contribution in [-0.2, 0) is 6.54 Å². The van der Waals surface area contributed by atoms with E-state index in [1.54, 1.807) is 0 Å². The van der Waals surface area contributed by atoms with Gasteiger partial charge in [-0.1, -0.05) is 25.5 Å². The van der Waals surface area contributed by atoms with Gasteiger partial charge in [0, 0.05) is 18.3 Å². The molecule has 0 radical (unpaired) electrons. The van der Waals surface area contributed by atoms with Gasteiger partial charge in [0.25, 0.3) is 0 Å². The predicted octanol–water partition coefficient (Wildman–Crippen LogP) is 3.71. The molecule has 2 nitrogen and oxygen atoms in total. The highest BCUT2D eigenvalue weighted by Gasteiger charge is 2.14. The maximum atomic E-state index is 5.77. The van der Waals surface area contributed by atoms with Gasteiger partial charge in [-0.2, -0.15) is 0 Å². The van der Waals surface area contributed by atoms with Crippen LogP contribution in [0.3, 0.4) is 0 Å². The number of benzene rings is 1. The minimum Gasteiger partial charge on any atom is -0.347 e. The standard InChI is InChI=1S/C16H24N2/c1-13-5-6-15-14(11-13)7-10-18(15)9-4-8-16(2,3)12-17/h5-7,10-11H,4,8-9,12,17H2,1-3H3. The van der Waals surface area contributed by atoms with E-state index in [0.717, 1.165) is 13.1 Å². The molecule has 0 atom stereocenters. The second-order valence-electron chi connectivity index (χ2n) is 6.04. The molecule has 1 heterocycles. The van der Waals surface area contributed by atoms with Crippen LogP contribution < -0.4 is 5.73 Å². The molecule has 2 N–H and O–H groups in total. The minimum absolute atomic E-state index is 0.263. The SMILES string of the molecule is Cc1ccc2c(ccn2CCCC(C)(C)CN)c1. The normalized spacial score (nSPS) is 12.2. The van der Waals surface area contributed by atoms with E-state index < -0.39 is 0 Å². The molecule has 2 aromatic rings. The van der Waals surface area contributed by atoms with Crippen LogP contribution >= 0.6 is 0 Å². The van der Waals surface area contributed by atoms with Crippen molar-refractivity contribution >= 4 is 10.9 Å². The summed E-state index contributed by atoms with van der Waals surface area (Å²) in [5.41, 5.74) is 8.69. The predicted molar refractivity (Wildman–Crippen MR) is 78.7 cm³/mol. The lowest BCUT2D eigenvalue weighted by molar-refractivity contribution is 0.328. The largest absolute Gasteiger partial charge is 0.347 e. The number of hydrogen-bond acceptors (Lipinski definition) is 1. The van der Waals surface area contributed by atoms with Crippen molar-refractivity contribution in [2.24, 2.45) is 11.1 Å². The molecule has 1 aromatic heterocycles. The van der Waals surface area contributed by atoms with Gasteiger partial charge < -0.3 is 10.3 Å². The molecule has 2 rings (SSSR count). The Morgan fingerprint density at radius 2 is 2.00 bits per heavy atom. The number of aromatic nitrogens is 1. The first kappa shape index (κ1) is 13.2. The van der Waals surface area contributed by atoms with Crippen molar-refractivity contribution in [3.05, 3.63) is 36.0 Å². The smallest absolute Gasteiger partial charge is 0.0480 e. The molecule has 0 spiro atoms. The zero-order valence-corrected chi connectivity index (χ0v) is 11.7. The first-order chi connectivity index (χ1) is 8.52. The summed E-state index contributed by atoms with van der Waals surface area (Å²) < 4.78 is 2.35. The molecule has 0 aliphatic carbocycles. The number of hydrogen-bond donors (Lipinski definition) is 1. The molecule has 98 valence electrons. The number of aryl methyl sites for hydroxylation is 2. The average molecular weight is 244 g/mol. The lowest BCUT2D eigenvalue weighted by Gasteiger charge is -2.22. The summed E-state index contributed by atoms with van der Waals surface area (Å²) in [6, 6.07) is 8.85. The van der Waals surface area contributed by atoms with Gasteiger partial charge in [-0.25, -0.2) is 0 Å². The summed E-state index contributed by atoms with van der Waals surface area (Å²) in [5, 5.41) is 1.34. The fraction of sp³-hybridized carbons (Fsp3) is 0.500. The van der Waals surface area contributed by atoms with E-state index in [9.17, 15) is 0 Å². The molecule has 1 aromatic carbocycles. The quantitative estimate of drug-likeness (QED) is 0.854. The molecule has 0 saturated heterocycles. The molecule has 0 aliphatic heterocycles. The van der Waals surface area contributed by atoms with Crippen LogP contribution in [0.25, 0.3) is 10.9 Å². The first-order valence-corrected chi connectivity index (χ1v) is 6.77. The van der Waals surface area contributed by atoms with Crippen LogP contribution in [0, 0.1) is 12.3 Å². The van der Waals surface area contributed by atoms with Crippen molar-refractivity contribution in [3.8, 4) is 0 Å². The Kier molecular flexibility index (Phi) is 3.76. The Morgan fingerprint density at radius 3 is 2.72 bits per heavy atom. The number of nitrogens with zero attached hydrogens (tertiary/aromatic N) is 1. The highest BCUT2D eigenvalue weighted by atomic mass is 14.9. The minimum atomic E-state index is 0.263. The third kappa shape index (κ3) is 2.94. The average Bonchev–Trinajstić information content (AvgIpc) is 2.71. The lowest BCUT2D eigenvalue weighted by Crippen LogP contribution is -2.23. The van der Waals surface area contributed by atoms with Crippen LogP contribution in [0.2, 0.25) is 0 Å². The van der Waals surface area contributed by atoms with Crippen molar-refractivity contribution in [2.75, 3.05) is 6.54 Å². The molecular formula is C16H24N2. The Morgan fingerprint density at radius 1 is 1.22 bits per heavy atom. The summed E-state index contributed by atoms with van der Waals surface area (Å²) in [7, 11) is 0. The van der Waals surface area contributed by atoms with Crippen LogP contribution in [-0.4, -0.2) is 11.1 Å². The van der Waals surface area contributed by atoms with Gasteiger partial charge in [-0.05, 0) is 55.3 Å². The Labute approximate surface area is 110 Å². The number of nitrogens with two attached hydrogens (primary N) is 1. The topological polar surface area (TPSA) is 30.9 Å². The van der Waals surface area contributed by atoms with E-state index in [0.29, 0.717) is 0 Å². The summed E-state index contributed by atoms with van der Waals surface area (Å²) in [6.07, 6.45) is 4.55. The van der Waals surface area contributed by atoms with Crippen molar-refractivity contribution in [1.29, 1.82) is 0 Å². The van der Waals surface area contributed by atoms with Gasteiger partial charge in [0.05, 0.1) is 0 Å². The fourth-order valence-electron chi connectivity index (χ4n) is 2.34. The van der Waals surface area contributed by atoms with Crippen LogP contribution in [0.5, 0.6) is 0 Å². The monoisotopic (exact) mass is 244 g/mol. The molecule has 0 bridgehead atoms. The number of fused-ring (bicyclic) bond motifs is 1. The third-order valence-electron chi connectivity index (χ3n) is 3.73. The molecule has 18 heavy (non-hydrogen) atoms. The van der Waals surface area contributed by atoms with Gasteiger partial charge >= 0.3 is 0 Å². The third-order valence-corrected chi connectivity index (χ3v) is 3.73. The van der Waals surface area contributed by atoms with Gasteiger partial charge in [0.2, 0.25) is 0 Å². The Hall–Kier alpha value is -1.28. The first-order valence-electron chi connectivity index (χ1n) is 6.77. The van der Waals surface area contributed by atoms with Crippen LogP contribution in [0.15, 0.2) is 30.5 Å². The highest BCUT2D eigenvalue weighted by molar-refractivity contribution is 5.80. The maximum absolute atomic E-state index is 5.77. The van der Waals surface area contributed by atoms with E-state index >= 15 is 0 Å².